The number of hydrogen-bond donors (Lipinski definition) is 0. The van der Waals surface area contributed by atoms with Crippen molar-refractivity contribution in [3.8, 4) is 0 Å². The van der Waals surface area contributed by atoms with Crippen LogP contribution in [0, 0.1) is 11.7 Å². The molecule has 5 aliphatic heterocycles. The third-order valence-corrected chi connectivity index (χ3v) is 10.5. The minimum atomic E-state index is -4.56. The number of hydrazone groups is 1. The average Bonchev–Trinajstić information content (AvgIpc) is 3.51. The summed E-state index contributed by atoms with van der Waals surface area (Å²) in [6.45, 7) is 8.35. The van der Waals surface area contributed by atoms with Gasteiger partial charge in [0.2, 0.25) is 0 Å². The minimum absolute atomic E-state index is 0.0463. The van der Waals surface area contributed by atoms with Gasteiger partial charge < -0.3 is 9.80 Å². The second-order valence-electron chi connectivity index (χ2n) is 12.3. The van der Waals surface area contributed by atoms with Gasteiger partial charge in [-0.3, -0.25) is 0 Å². The van der Waals surface area contributed by atoms with Crippen molar-refractivity contribution < 1.29 is 17.6 Å². The summed E-state index contributed by atoms with van der Waals surface area (Å²) in [6.07, 6.45) is 14.5. The molecule has 0 N–H and O–H groups in total. The third kappa shape index (κ3) is 2.57. The van der Waals surface area contributed by atoms with E-state index in [1.54, 1.807) is 5.01 Å². The number of benzene rings is 1. The van der Waals surface area contributed by atoms with Crippen molar-refractivity contribution >= 4 is 11.4 Å². The van der Waals surface area contributed by atoms with Crippen molar-refractivity contribution in [2.75, 3.05) is 0 Å². The standard InChI is InChI=1S/C33H30F4N4/c1-5-31(6-2)32(39-16-8-7-12-23(39)24-18-25(33(35,36)37)38-41(24)32)21-13-14-22(34)28-27(21)29-26-19(15-17-40(29)31)10-9-11-20(26)30(28,3)4/h7-17,20H,5-6,18H2,1-4H3. The van der Waals surface area contributed by atoms with E-state index in [1.165, 1.54) is 6.07 Å². The van der Waals surface area contributed by atoms with Crippen molar-refractivity contribution in [1.82, 2.24) is 14.8 Å². The predicted octanol–water partition coefficient (Wildman–Crippen LogP) is 7.73. The van der Waals surface area contributed by atoms with E-state index in [2.05, 4.69) is 73.1 Å². The maximum absolute atomic E-state index is 16.2. The van der Waals surface area contributed by atoms with Gasteiger partial charge in [0.05, 0.1) is 22.6 Å². The predicted molar refractivity (Wildman–Crippen MR) is 150 cm³/mol. The van der Waals surface area contributed by atoms with Crippen molar-refractivity contribution in [3.63, 3.8) is 0 Å². The fourth-order valence-corrected chi connectivity index (χ4v) is 8.84. The molecular weight excluding hydrogens is 528 g/mol. The lowest BCUT2D eigenvalue weighted by molar-refractivity contribution is -0.0964. The molecule has 2 atom stereocenters. The summed E-state index contributed by atoms with van der Waals surface area (Å²) in [5, 5.41) is 6.05. The van der Waals surface area contributed by atoms with Gasteiger partial charge in [-0.25, -0.2) is 9.40 Å². The van der Waals surface area contributed by atoms with E-state index in [0.717, 1.165) is 28.0 Å². The van der Waals surface area contributed by atoms with Crippen LogP contribution in [0.5, 0.6) is 0 Å². The van der Waals surface area contributed by atoms with E-state index in [0.29, 0.717) is 29.8 Å². The van der Waals surface area contributed by atoms with Gasteiger partial charge in [0.1, 0.15) is 11.5 Å². The molecule has 0 radical (unpaired) electrons. The van der Waals surface area contributed by atoms with Crippen LogP contribution < -0.4 is 0 Å². The van der Waals surface area contributed by atoms with Gasteiger partial charge in [-0.15, -0.1) is 0 Å². The van der Waals surface area contributed by atoms with Crippen LogP contribution in [-0.2, 0) is 11.1 Å². The molecule has 2 aliphatic carbocycles. The number of hydrogen-bond acceptors (Lipinski definition) is 4. The van der Waals surface area contributed by atoms with E-state index in [1.807, 2.05) is 30.5 Å². The summed E-state index contributed by atoms with van der Waals surface area (Å²) in [5.74, 6) is -0.341. The summed E-state index contributed by atoms with van der Waals surface area (Å²) in [4.78, 5) is 4.38. The molecule has 0 saturated carbocycles. The molecular formula is C33H30F4N4. The fraction of sp³-hybridized carbons (Fsp3) is 0.364. The van der Waals surface area contributed by atoms with Gasteiger partial charge in [0, 0.05) is 46.8 Å². The number of alkyl halides is 3. The van der Waals surface area contributed by atoms with Crippen LogP contribution >= 0.6 is 0 Å². The zero-order valence-electron chi connectivity index (χ0n) is 23.4. The van der Waals surface area contributed by atoms with Crippen LogP contribution in [0.3, 0.4) is 0 Å². The van der Waals surface area contributed by atoms with Crippen molar-refractivity contribution in [3.05, 3.63) is 112 Å². The molecule has 2 unspecified atom stereocenters. The highest BCUT2D eigenvalue weighted by Crippen LogP contribution is 2.68. The summed E-state index contributed by atoms with van der Waals surface area (Å²) >= 11 is 0. The zero-order valence-corrected chi connectivity index (χ0v) is 23.4. The Hall–Kier alpha value is -3.81. The highest BCUT2D eigenvalue weighted by molar-refractivity contribution is 5.94. The summed E-state index contributed by atoms with van der Waals surface area (Å²) in [7, 11) is 0. The average molecular weight is 559 g/mol. The maximum atomic E-state index is 16.2. The normalized spacial score (nSPS) is 28.9. The molecule has 0 amide bonds. The molecule has 8 heteroatoms. The second kappa shape index (κ2) is 7.52. The Bertz CT molecular complexity index is 1690. The van der Waals surface area contributed by atoms with Gasteiger partial charge >= 0.3 is 6.18 Å². The first-order valence-electron chi connectivity index (χ1n) is 14.3. The molecule has 1 spiro atoms. The number of allylic oxidation sites excluding steroid dienone is 10. The molecule has 210 valence electrons. The first kappa shape index (κ1) is 24.9. The van der Waals surface area contributed by atoms with E-state index in [-0.39, 0.29) is 18.2 Å². The summed E-state index contributed by atoms with van der Waals surface area (Å²) < 4.78 is 59.0. The molecule has 4 nitrogen and oxygen atoms in total. The summed E-state index contributed by atoms with van der Waals surface area (Å²) in [6, 6.07) is 3.33. The summed E-state index contributed by atoms with van der Waals surface area (Å²) in [5.41, 5.74) is 3.29. The van der Waals surface area contributed by atoms with Gasteiger partial charge in [0.15, 0.2) is 5.66 Å². The van der Waals surface area contributed by atoms with Crippen LogP contribution in [0.25, 0.3) is 5.70 Å². The molecule has 0 fully saturated rings. The number of halogens is 4. The van der Waals surface area contributed by atoms with Crippen molar-refractivity contribution in [2.45, 2.75) is 69.8 Å². The maximum Gasteiger partial charge on any atom is 0.431 e. The fourth-order valence-electron chi connectivity index (χ4n) is 8.84. The first-order chi connectivity index (χ1) is 19.5. The Morgan fingerprint density at radius 1 is 1.00 bits per heavy atom. The first-order valence-corrected chi connectivity index (χ1v) is 14.3. The van der Waals surface area contributed by atoms with Gasteiger partial charge in [-0.05, 0) is 48.3 Å². The van der Waals surface area contributed by atoms with Crippen molar-refractivity contribution in [1.29, 1.82) is 0 Å². The smallest absolute Gasteiger partial charge is 0.336 e. The lowest BCUT2D eigenvalue weighted by Crippen LogP contribution is -2.72. The highest BCUT2D eigenvalue weighted by Gasteiger charge is 2.71. The monoisotopic (exact) mass is 558 g/mol. The van der Waals surface area contributed by atoms with Gasteiger partial charge in [-0.1, -0.05) is 58.1 Å². The molecule has 1 aromatic carbocycles. The van der Waals surface area contributed by atoms with Crippen LogP contribution in [0.1, 0.15) is 63.6 Å². The van der Waals surface area contributed by atoms with E-state index in [9.17, 15) is 13.2 Å². The topological polar surface area (TPSA) is 22.1 Å². The SMILES string of the molecule is CCC1(CC)N2C=CC3=CC=CC4C3=C2c2c(ccc(F)c2C4(C)C)C12N1C=CC=CC1=C1CC(C(F)(F)F)=NN12. The molecule has 41 heavy (non-hydrogen) atoms. The number of fused-ring (bicyclic) bond motifs is 5. The number of rotatable bonds is 2. The van der Waals surface area contributed by atoms with Gasteiger partial charge in [0.25, 0.3) is 0 Å². The van der Waals surface area contributed by atoms with E-state index in [4.69, 9.17) is 0 Å². The molecule has 7 aliphatic rings. The van der Waals surface area contributed by atoms with E-state index >= 15 is 4.39 Å². The van der Waals surface area contributed by atoms with E-state index < -0.39 is 28.5 Å². The Labute approximate surface area is 236 Å². The largest absolute Gasteiger partial charge is 0.431 e. The molecule has 0 bridgehead atoms. The Morgan fingerprint density at radius 2 is 1.78 bits per heavy atom. The van der Waals surface area contributed by atoms with Crippen molar-refractivity contribution in [2.24, 2.45) is 11.0 Å². The molecule has 5 heterocycles. The quantitative estimate of drug-likeness (QED) is 0.347. The Balaban J connectivity index is 1.56. The number of nitrogens with zero attached hydrogens (tertiary/aromatic N) is 4. The molecule has 8 rings (SSSR count). The second-order valence-corrected chi connectivity index (χ2v) is 12.3. The van der Waals surface area contributed by atoms with Crippen LogP contribution in [0.4, 0.5) is 17.6 Å². The molecule has 0 aromatic heterocycles. The van der Waals surface area contributed by atoms with Crippen LogP contribution in [-0.4, -0.2) is 32.2 Å². The third-order valence-electron chi connectivity index (χ3n) is 10.5. The molecule has 1 aromatic rings. The molecule has 0 saturated heterocycles. The lowest BCUT2D eigenvalue weighted by atomic mass is 9.56. The lowest BCUT2D eigenvalue weighted by Gasteiger charge is -2.65. The highest BCUT2D eigenvalue weighted by atomic mass is 19.4. The Morgan fingerprint density at radius 3 is 2.51 bits per heavy atom. The minimum Gasteiger partial charge on any atom is -0.336 e. The van der Waals surface area contributed by atoms with Crippen LogP contribution in [0.2, 0.25) is 0 Å². The van der Waals surface area contributed by atoms with Crippen LogP contribution in [0.15, 0.2) is 94.7 Å². The zero-order chi connectivity index (χ0) is 28.7. The Kier molecular flexibility index (Phi) is 4.58. The van der Waals surface area contributed by atoms with Gasteiger partial charge in [-0.2, -0.15) is 18.3 Å².